The molecule has 0 aliphatic carbocycles. The highest BCUT2D eigenvalue weighted by Gasteiger charge is 2.24. The highest BCUT2D eigenvalue weighted by atomic mass is 79.9. The molecule has 0 bridgehead atoms. The van der Waals surface area contributed by atoms with Crippen molar-refractivity contribution in [2.24, 2.45) is 4.36 Å². The molecule has 0 saturated carbocycles. The first-order valence-corrected chi connectivity index (χ1v) is 9.20. The van der Waals surface area contributed by atoms with E-state index in [9.17, 15) is 9.00 Å². The molecule has 0 spiro atoms. The molecule has 1 atom stereocenters. The summed E-state index contributed by atoms with van der Waals surface area (Å²) in [7, 11) is -2.93. The quantitative estimate of drug-likeness (QED) is 0.748. The summed E-state index contributed by atoms with van der Waals surface area (Å²) in [6.07, 6.45) is 1.34. The first-order valence-electron chi connectivity index (χ1n) is 6.49. The highest BCUT2D eigenvalue weighted by Crippen LogP contribution is 2.36. The van der Waals surface area contributed by atoms with Gasteiger partial charge >= 0.3 is 6.09 Å². The van der Waals surface area contributed by atoms with E-state index < -0.39 is 21.4 Å². The number of benzene rings is 1. The van der Waals surface area contributed by atoms with E-state index in [0.29, 0.717) is 17.3 Å². The summed E-state index contributed by atoms with van der Waals surface area (Å²) < 4.78 is 28.0. The van der Waals surface area contributed by atoms with Gasteiger partial charge in [0.15, 0.2) is 0 Å². The number of rotatable bonds is 1. The first kappa shape index (κ1) is 16.3. The van der Waals surface area contributed by atoms with Gasteiger partial charge in [0.2, 0.25) is 0 Å². The van der Waals surface area contributed by atoms with Crippen LogP contribution in [0.1, 0.15) is 26.3 Å². The van der Waals surface area contributed by atoms with Gasteiger partial charge in [-0.2, -0.15) is 0 Å². The largest absolute Gasteiger partial charge is 0.492 e. The molecule has 116 valence electrons. The van der Waals surface area contributed by atoms with Crippen LogP contribution in [-0.2, 0) is 20.9 Å². The number of hydrogen-bond acceptors (Lipinski definition) is 4. The van der Waals surface area contributed by atoms with Gasteiger partial charge in [-0.15, -0.1) is 4.36 Å². The molecule has 1 heterocycles. The van der Waals surface area contributed by atoms with Crippen LogP contribution in [-0.4, -0.2) is 28.8 Å². The molecule has 0 aromatic heterocycles. The average Bonchev–Trinajstić information content (AvgIpc) is 2.71. The average molecular weight is 376 g/mol. The zero-order chi connectivity index (χ0) is 15.8. The Labute approximate surface area is 133 Å². The Bertz CT molecular complexity index is 700. The predicted octanol–water partition coefficient (Wildman–Crippen LogP) is 3.78. The fourth-order valence-electron chi connectivity index (χ4n) is 1.99. The van der Waals surface area contributed by atoms with Gasteiger partial charge in [0, 0.05) is 17.1 Å². The summed E-state index contributed by atoms with van der Waals surface area (Å²) in [5, 5.41) is 0. The SMILES string of the molecule is CC(C)(C)OC(=O)N=S(C)(=O)c1cc(Br)cc2c1OCC2. The minimum Gasteiger partial charge on any atom is -0.492 e. The van der Waals surface area contributed by atoms with Crippen molar-refractivity contribution in [1.82, 2.24) is 0 Å². The second kappa shape index (κ2) is 5.61. The Morgan fingerprint density at radius 1 is 1.43 bits per heavy atom. The van der Waals surface area contributed by atoms with Crippen molar-refractivity contribution in [3.05, 3.63) is 22.2 Å². The normalized spacial score (nSPS) is 16.6. The maximum Gasteiger partial charge on any atom is 0.442 e. The lowest BCUT2D eigenvalue weighted by Gasteiger charge is -2.18. The third-order valence-corrected chi connectivity index (χ3v) is 4.84. The molecule has 0 N–H and O–H groups in total. The maximum absolute atomic E-state index is 12.8. The number of hydrogen-bond donors (Lipinski definition) is 0. The van der Waals surface area contributed by atoms with Gasteiger partial charge < -0.3 is 9.47 Å². The Hall–Kier alpha value is -1.08. The zero-order valence-corrected chi connectivity index (χ0v) is 14.8. The maximum atomic E-state index is 12.8. The van der Waals surface area contributed by atoms with Crippen LogP contribution in [0.3, 0.4) is 0 Å². The smallest absolute Gasteiger partial charge is 0.442 e. The first-order chi connectivity index (χ1) is 9.58. The van der Waals surface area contributed by atoms with E-state index in [4.69, 9.17) is 9.47 Å². The molecule has 1 aliphatic heterocycles. The number of amides is 1. The number of nitrogens with zero attached hydrogens (tertiary/aromatic N) is 1. The summed E-state index contributed by atoms with van der Waals surface area (Å²) in [5.74, 6) is 0.568. The van der Waals surface area contributed by atoms with Gasteiger partial charge in [0.25, 0.3) is 0 Å². The number of carbonyl (C=O) groups is 1. The number of ether oxygens (including phenoxy) is 2. The Kier molecular flexibility index (Phi) is 4.35. The van der Waals surface area contributed by atoms with Crippen LogP contribution in [0.5, 0.6) is 5.75 Å². The third-order valence-electron chi connectivity index (χ3n) is 2.76. The van der Waals surface area contributed by atoms with E-state index in [0.717, 1.165) is 16.5 Å². The van der Waals surface area contributed by atoms with Crippen molar-refractivity contribution in [3.63, 3.8) is 0 Å². The minimum absolute atomic E-state index is 0.426. The summed E-state index contributed by atoms with van der Waals surface area (Å²) >= 11 is 3.38. The zero-order valence-electron chi connectivity index (χ0n) is 12.4. The highest BCUT2D eigenvalue weighted by molar-refractivity contribution is 9.10. The van der Waals surface area contributed by atoms with Gasteiger partial charge in [-0.1, -0.05) is 15.9 Å². The molecule has 7 heteroatoms. The van der Waals surface area contributed by atoms with Gasteiger partial charge in [-0.3, -0.25) is 0 Å². The lowest BCUT2D eigenvalue weighted by atomic mass is 10.2. The van der Waals surface area contributed by atoms with E-state index in [1.807, 2.05) is 6.07 Å². The molecule has 1 aromatic rings. The van der Waals surface area contributed by atoms with E-state index in [-0.39, 0.29) is 0 Å². The van der Waals surface area contributed by atoms with Crippen LogP contribution in [0, 0.1) is 0 Å². The van der Waals surface area contributed by atoms with Crippen molar-refractivity contribution >= 4 is 31.8 Å². The lowest BCUT2D eigenvalue weighted by Crippen LogP contribution is -2.22. The summed E-state index contributed by atoms with van der Waals surface area (Å²) in [6.45, 7) is 5.74. The third kappa shape index (κ3) is 3.97. The summed E-state index contributed by atoms with van der Waals surface area (Å²) in [5.41, 5.74) is 0.291. The second-order valence-corrected chi connectivity index (χ2v) is 9.01. The molecule has 0 saturated heterocycles. The molecular formula is C14H18BrNO4S. The Morgan fingerprint density at radius 3 is 2.71 bits per heavy atom. The van der Waals surface area contributed by atoms with Crippen molar-refractivity contribution < 1.29 is 18.5 Å². The van der Waals surface area contributed by atoms with E-state index in [2.05, 4.69) is 20.3 Å². The molecule has 1 unspecified atom stereocenters. The van der Waals surface area contributed by atoms with Crippen molar-refractivity contribution in [2.75, 3.05) is 12.9 Å². The molecule has 1 amide bonds. The molecular weight excluding hydrogens is 358 g/mol. The number of carbonyl (C=O) groups excluding carboxylic acids is 1. The van der Waals surface area contributed by atoms with Crippen LogP contribution in [0.15, 0.2) is 25.9 Å². The van der Waals surface area contributed by atoms with E-state index in [1.165, 1.54) is 6.26 Å². The monoisotopic (exact) mass is 375 g/mol. The molecule has 1 aromatic carbocycles. The second-order valence-electron chi connectivity index (χ2n) is 5.86. The van der Waals surface area contributed by atoms with Crippen molar-refractivity contribution in [2.45, 2.75) is 37.7 Å². The van der Waals surface area contributed by atoms with Crippen LogP contribution in [0.4, 0.5) is 4.79 Å². The van der Waals surface area contributed by atoms with Gasteiger partial charge in [-0.05, 0) is 38.5 Å². The van der Waals surface area contributed by atoms with Crippen LogP contribution < -0.4 is 4.74 Å². The van der Waals surface area contributed by atoms with E-state index >= 15 is 0 Å². The molecule has 5 nitrogen and oxygen atoms in total. The van der Waals surface area contributed by atoms with Crippen LogP contribution in [0.25, 0.3) is 0 Å². The molecule has 0 radical (unpaired) electrons. The van der Waals surface area contributed by atoms with Crippen molar-refractivity contribution in [1.29, 1.82) is 0 Å². The molecule has 21 heavy (non-hydrogen) atoms. The van der Waals surface area contributed by atoms with Gasteiger partial charge in [-0.25, -0.2) is 9.00 Å². The predicted molar refractivity (Wildman–Crippen MR) is 84.3 cm³/mol. The van der Waals surface area contributed by atoms with Gasteiger partial charge in [0.1, 0.15) is 11.4 Å². The Morgan fingerprint density at radius 2 is 2.10 bits per heavy atom. The Balaban J connectivity index is 2.45. The fraction of sp³-hybridized carbons (Fsp3) is 0.500. The van der Waals surface area contributed by atoms with Gasteiger partial charge in [0.05, 0.1) is 21.2 Å². The summed E-state index contributed by atoms with van der Waals surface area (Å²) in [4.78, 5) is 12.2. The minimum atomic E-state index is -2.93. The number of halogens is 1. The van der Waals surface area contributed by atoms with Crippen molar-refractivity contribution in [3.8, 4) is 5.75 Å². The number of fused-ring (bicyclic) bond motifs is 1. The summed E-state index contributed by atoms with van der Waals surface area (Å²) in [6, 6.07) is 3.61. The van der Waals surface area contributed by atoms with Crippen LogP contribution >= 0.6 is 15.9 Å². The molecule has 2 rings (SSSR count). The fourth-order valence-corrected chi connectivity index (χ4v) is 3.95. The van der Waals surface area contributed by atoms with Crippen LogP contribution in [0.2, 0.25) is 0 Å². The topological polar surface area (TPSA) is 65.0 Å². The standard InChI is InChI=1S/C14H18BrNO4S/c1-14(2,3)20-13(17)16-21(4,18)11-8-10(15)7-9-5-6-19-12(9)11/h7-8H,5-6H2,1-4H3. The lowest BCUT2D eigenvalue weighted by molar-refractivity contribution is 0.0607. The van der Waals surface area contributed by atoms with E-state index in [1.54, 1.807) is 26.8 Å². The molecule has 0 fully saturated rings. The molecule has 1 aliphatic rings.